The van der Waals surface area contributed by atoms with Crippen LogP contribution in [-0.2, 0) is 11.3 Å². The maximum Gasteiger partial charge on any atom is 0.124 e. The van der Waals surface area contributed by atoms with Crippen LogP contribution in [-0.4, -0.2) is 23.5 Å². The molecule has 0 bridgehead atoms. The number of aliphatic hydroxyl groups excluding tert-OH is 1. The van der Waals surface area contributed by atoms with Crippen molar-refractivity contribution in [1.82, 2.24) is 5.16 Å². The molecule has 0 aliphatic heterocycles. The molecule has 0 unspecified atom stereocenters. The standard InChI is InChI=1S/C6H9NO3/c8-2-4-9-5-6-1-3-10-7-6/h1,3,8H,2,4-5H2. The molecule has 1 rings (SSSR count). The zero-order valence-electron chi connectivity index (χ0n) is 5.49. The lowest BCUT2D eigenvalue weighted by molar-refractivity contribution is 0.0781. The van der Waals surface area contributed by atoms with Gasteiger partial charge in [-0.1, -0.05) is 5.16 Å². The summed E-state index contributed by atoms with van der Waals surface area (Å²) in [6.07, 6.45) is 1.48. The fourth-order valence-corrected chi connectivity index (χ4v) is 0.553. The van der Waals surface area contributed by atoms with Crippen molar-refractivity contribution in [3.8, 4) is 0 Å². The van der Waals surface area contributed by atoms with E-state index in [1.807, 2.05) is 0 Å². The second-order valence-corrected chi connectivity index (χ2v) is 1.77. The van der Waals surface area contributed by atoms with Gasteiger partial charge in [-0.05, 0) is 0 Å². The van der Waals surface area contributed by atoms with Crippen molar-refractivity contribution < 1.29 is 14.4 Å². The molecule has 0 saturated heterocycles. The highest BCUT2D eigenvalue weighted by Gasteiger charge is 1.93. The third-order valence-corrected chi connectivity index (χ3v) is 0.977. The molecular formula is C6H9NO3. The number of rotatable bonds is 4. The zero-order chi connectivity index (χ0) is 7.23. The largest absolute Gasteiger partial charge is 0.394 e. The molecule has 0 radical (unpaired) electrons. The normalized spacial score (nSPS) is 10.1. The van der Waals surface area contributed by atoms with Gasteiger partial charge in [0, 0.05) is 6.07 Å². The van der Waals surface area contributed by atoms with Crippen molar-refractivity contribution in [2.45, 2.75) is 6.61 Å². The van der Waals surface area contributed by atoms with Crippen LogP contribution in [0, 0.1) is 0 Å². The molecule has 1 aromatic heterocycles. The highest BCUT2D eigenvalue weighted by Crippen LogP contribution is 1.95. The molecule has 4 heteroatoms. The molecule has 56 valence electrons. The first-order valence-electron chi connectivity index (χ1n) is 3.01. The Morgan fingerprint density at radius 1 is 1.70 bits per heavy atom. The average molecular weight is 143 g/mol. The van der Waals surface area contributed by atoms with Crippen molar-refractivity contribution in [3.05, 3.63) is 18.0 Å². The van der Waals surface area contributed by atoms with Crippen LogP contribution in [0.15, 0.2) is 16.9 Å². The number of nitrogens with zero attached hydrogens (tertiary/aromatic N) is 1. The average Bonchev–Trinajstić information content (AvgIpc) is 2.41. The maximum absolute atomic E-state index is 8.33. The van der Waals surface area contributed by atoms with E-state index in [2.05, 4.69) is 9.68 Å². The monoisotopic (exact) mass is 143 g/mol. The summed E-state index contributed by atoms with van der Waals surface area (Å²) in [5, 5.41) is 11.9. The Hall–Kier alpha value is -0.870. The van der Waals surface area contributed by atoms with Crippen LogP contribution in [0.2, 0.25) is 0 Å². The molecule has 4 nitrogen and oxygen atoms in total. The summed E-state index contributed by atoms with van der Waals surface area (Å²) in [6, 6.07) is 1.72. The topological polar surface area (TPSA) is 55.5 Å². The van der Waals surface area contributed by atoms with Gasteiger partial charge in [0.2, 0.25) is 0 Å². The molecule has 1 aromatic rings. The molecule has 1 N–H and O–H groups in total. The van der Waals surface area contributed by atoms with E-state index < -0.39 is 0 Å². The number of hydrogen-bond acceptors (Lipinski definition) is 4. The Balaban J connectivity index is 2.15. The Morgan fingerprint density at radius 2 is 2.60 bits per heavy atom. The number of aliphatic hydroxyl groups is 1. The van der Waals surface area contributed by atoms with Crippen LogP contribution in [0.3, 0.4) is 0 Å². The minimum Gasteiger partial charge on any atom is -0.394 e. The van der Waals surface area contributed by atoms with Gasteiger partial charge in [0.25, 0.3) is 0 Å². The van der Waals surface area contributed by atoms with Crippen molar-refractivity contribution >= 4 is 0 Å². The summed E-state index contributed by atoms with van der Waals surface area (Å²) >= 11 is 0. The second-order valence-electron chi connectivity index (χ2n) is 1.77. The van der Waals surface area contributed by atoms with E-state index in [4.69, 9.17) is 9.84 Å². The fourth-order valence-electron chi connectivity index (χ4n) is 0.553. The van der Waals surface area contributed by atoms with E-state index >= 15 is 0 Å². The van der Waals surface area contributed by atoms with Gasteiger partial charge in [-0.2, -0.15) is 0 Å². The van der Waals surface area contributed by atoms with Crippen LogP contribution >= 0.6 is 0 Å². The summed E-state index contributed by atoms with van der Waals surface area (Å²) in [6.45, 7) is 0.780. The van der Waals surface area contributed by atoms with Crippen LogP contribution in [0.4, 0.5) is 0 Å². The van der Waals surface area contributed by atoms with E-state index in [1.165, 1.54) is 6.26 Å². The van der Waals surface area contributed by atoms with Crippen LogP contribution < -0.4 is 0 Å². The van der Waals surface area contributed by atoms with Crippen molar-refractivity contribution in [1.29, 1.82) is 0 Å². The van der Waals surface area contributed by atoms with Gasteiger partial charge in [-0.3, -0.25) is 0 Å². The third-order valence-electron chi connectivity index (χ3n) is 0.977. The highest BCUT2D eigenvalue weighted by atomic mass is 16.5. The molecule has 0 aromatic carbocycles. The summed E-state index contributed by atoms with van der Waals surface area (Å²) < 4.78 is 9.51. The molecule has 0 fully saturated rings. The first-order chi connectivity index (χ1) is 4.93. The van der Waals surface area contributed by atoms with Crippen molar-refractivity contribution in [2.24, 2.45) is 0 Å². The fraction of sp³-hybridized carbons (Fsp3) is 0.500. The van der Waals surface area contributed by atoms with Gasteiger partial charge < -0.3 is 14.4 Å². The minimum atomic E-state index is 0.0395. The predicted octanol–water partition coefficient (Wildman–Crippen LogP) is 0.183. The van der Waals surface area contributed by atoms with E-state index in [0.29, 0.717) is 13.2 Å². The highest BCUT2D eigenvalue weighted by molar-refractivity contribution is 4.92. The molecule has 1 heterocycles. The van der Waals surface area contributed by atoms with Crippen molar-refractivity contribution in [2.75, 3.05) is 13.2 Å². The van der Waals surface area contributed by atoms with E-state index in [1.54, 1.807) is 6.07 Å². The molecule has 0 atom stereocenters. The predicted molar refractivity (Wildman–Crippen MR) is 33.2 cm³/mol. The van der Waals surface area contributed by atoms with Gasteiger partial charge in [0.1, 0.15) is 12.0 Å². The molecule has 0 spiro atoms. The van der Waals surface area contributed by atoms with E-state index in [-0.39, 0.29) is 6.61 Å². The third kappa shape index (κ3) is 2.16. The summed E-state index contributed by atoms with van der Waals surface area (Å²) in [5.41, 5.74) is 0.744. The molecule has 10 heavy (non-hydrogen) atoms. The first kappa shape index (κ1) is 7.24. The summed E-state index contributed by atoms with van der Waals surface area (Å²) in [4.78, 5) is 0. The SMILES string of the molecule is OCCOCc1ccon1. The molecule has 0 aliphatic rings. The lowest BCUT2D eigenvalue weighted by Gasteiger charge is -1.95. The number of aromatic nitrogens is 1. The minimum absolute atomic E-state index is 0.0395. The smallest absolute Gasteiger partial charge is 0.124 e. The second kappa shape index (κ2) is 4.03. The molecular weight excluding hydrogens is 134 g/mol. The van der Waals surface area contributed by atoms with E-state index in [0.717, 1.165) is 5.69 Å². The number of ether oxygens (including phenoxy) is 1. The van der Waals surface area contributed by atoms with E-state index in [9.17, 15) is 0 Å². The summed E-state index contributed by atoms with van der Waals surface area (Å²) in [7, 11) is 0. The van der Waals surface area contributed by atoms with Gasteiger partial charge in [-0.15, -0.1) is 0 Å². The van der Waals surface area contributed by atoms with Gasteiger partial charge in [0.15, 0.2) is 0 Å². The molecule has 0 aliphatic carbocycles. The first-order valence-corrected chi connectivity index (χ1v) is 3.01. The van der Waals surface area contributed by atoms with Crippen LogP contribution in [0.1, 0.15) is 5.69 Å². The molecule has 0 amide bonds. The van der Waals surface area contributed by atoms with Gasteiger partial charge >= 0.3 is 0 Å². The quantitative estimate of drug-likeness (QED) is 0.611. The Kier molecular flexibility index (Phi) is 2.92. The van der Waals surface area contributed by atoms with Crippen molar-refractivity contribution in [3.63, 3.8) is 0 Å². The lowest BCUT2D eigenvalue weighted by Crippen LogP contribution is -1.98. The lowest BCUT2D eigenvalue weighted by atomic mass is 10.5. The Bertz CT molecular complexity index is 162. The Morgan fingerprint density at radius 3 is 3.20 bits per heavy atom. The molecule has 0 saturated carbocycles. The van der Waals surface area contributed by atoms with Gasteiger partial charge in [-0.25, -0.2) is 0 Å². The Labute approximate surface area is 58.4 Å². The maximum atomic E-state index is 8.33. The number of hydrogen-bond donors (Lipinski definition) is 1. The summed E-state index contributed by atoms with van der Waals surface area (Å²) in [5.74, 6) is 0. The van der Waals surface area contributed by atoms with Gasteiger partial charge in [0.05, 0.1) is 19.8 Å². The van der Waals surface area contributed by atoms with Crippen LogP contribution in [0.25, 0.3) is 0 Å². The zero-order valence-corrected chi connectivity index (χ0v) is 5.49. The van der Waals surface area contributed by atoms with Crippen LogP contribution in [0.5, 0.6) is 0 Å².